The molecule has 0 aromatic heterocycles. The Labute approximate surface area is 86.5 Å². The Kier molecular flexibility index (Phi) is 2.32. The van der Waals surface area contributed by atoms with Crippen LogP contribution in [0.1, 0.15) is 46.5 Å². The van der Waals surface area contributed by atoms with E-state index in [4.69, 9.17) is 0 Å². The van der Waals surface area contributed by atoms with E-state index in [2.05, 4.69) is 26.1 Å². The number of hydrogen-bond donors (Lipinski definition) is 1. The van der Waals surface area contributed by atoms with E-state index in [-0.39, 0.29) is 0 Å². The molecule has 2 fully saturated rings. The summed E-state index contributed by atoms with van der Waals surface area (Å²) in [6, 6.07) is 0.449. The first kappa shape index (κ1) is 10.0. The van der Waals surface area contributed by atoms with Crippen LogP contribution >= 0.6 is 0 Å². The van der Waals surface area contributed by atoms with Gasteiger partial charge in [-0.3, -0.25) is 4.79 Å². The van der Waals surface area contributed by atoms with E-state index in [1.165, 1.54) is 12.8 Å². The molecule has 3 atom stereocenters. The van der Waals surface area contributed by atoms with Gasteiger partial charge in [-0.25, -0.2) is 0 Å². The molecule has 3 unspecified atom stereocenters. The molecule has 1 N–H and O–H groups in total. The Morgan fingerprint density at radius 1 is 1.43 bits per heavy atom. The smallest absolute Gasteiger partial charge is 0.223 e. The minimum absolute atomic E-state index is 0.306. The fraction of sp³-hybridized carbons (Fsp3) is 0.917. The first-order valence-corrected chi connectivity index (χ1v) is 5.78. The lowest BCUT2D eigenvalue weighted by Gasteiger charge is -2.17. The molecule has 2 heteroatoms. The van der Waals surface area contributed by atoms with Gasteiger partial charge in [-0.15, -0.1) is 0 Å². The summed E-state index contributed by atoms with van der Waals surface area (Å²) in [7, 11) is 0. The van der Waals surface area contributed by atoms with Crippen LogP contribution in [-0.4, -0.2) is 11.9 Å². The van der Waals surface area contributed by atoms with Crippen molar-refractivity contribution in [3.63, 3.8) is 0 Å². The summed E-state index contributed by atoms with van der Waals surface area (Å²) in [6.45, 7) is 6.74. The Balaban J connectivity index is 1.79. The zero-order valence-electron chi connectivity index (χ0n) is 9.47. The van der Waals surface area contributed by atoms with Crippen LogP contribution in [0.4, 0.5) is 0 Å². The van der Waals surface area contributed by atoms with Crippen molar-refractivity contribution < 1.29 is 4.79 Å². The summed E-state index contributed by atoms with van der Waals surface area (Å²) < 4.78 is 0. The number of carbonyl (C=O) groups is 1. The maximum Gasteiger partial charge on any atom is 0.223 e. The van der Waals surface area contributed by atoms with Crippen molar-refractivity contribution in [1.29, 1.82) is 0 Å². The molecule has 0 heterocycles. The lowest BCUT2D eigenvalue weighted by Crippen LogP contribution is -2.34. The van der Waals surface area contributed by atoms with Crippen molar-refractivity contribution in [2.75, 3.05) is 0 Å². The lowest BCUT2D eigenvalue weighted by molar-refractivity contribution is -0.123. The van der Waals surface area contributed by atoms with Gasteiger partial charge in [0, 0.05) is 12.0 Å². The fourth-order valence-electron chi connectivity index (χ4n) is 2.55. The van der Waals surface area contributed by atoms with E-state index in [0.717, 1.165) is 12.8 Å². The highest BCUT2D eigenvalue weighted by atomic mass is 16.2. The molecule has 0 radical (unpaired) electrons. The number of hydrogen-bond acceptors (Lipinski definition) is 1. The van der Waals surface area contributed by atoms with Crippen LogP contribution in [0.2, 0.25) is 0 Å². The van der Waals surface area contributed by atoms with E-state index in [1.807, 2.05) is 0 Å². The maximum absolute atomic E-state index is 11.7. The van der Waals surface area contributed by atoms with E-state index >= 15 is 0 Å². The van der Waals surface area contributed by atoms with Gasteiger partial charge in [0.1, 0.15) is 0 Å². The van der Waals surface area contributed by atoms with Gasteiger partial charge >= 0.3 is 0 Å². The second-order valence-corrected chi connectivity index (χ2v) is 5.93. The molecule has 2 saturated carbocycles. The Morgan fingerprint density at radius 3 is 2.50 bits per heavy atom. The molecular weight excluding hydrogens is 174 g/mol. The van der Waals surface area contributed by atoms with Crippen LogP contribution in [0, 0.1) is 17.3 Å². The quantitative estimate of drug-likeness (QED) is 0.720. The van der Waals surface area contributed by atoms with Crippen molar-refractivity contribution in [2.45, 2.75) is 52.5 Å². The van der Waals surface area contributed by atoms with Crippen molar-refractivity contribution in [1.82, 2.24) is 5.32 Å². The van der Waals surface area contributed by atoms with Gasteiger partial charge in [-0.1, -0.05) is 20.8 Å². The first-order valence-electron chi connectivity index (χ1n) is 5.78. The van der Waals surface area contributed by atoms with Gasteiger partial charge < -0.3 is 5.32 Å². The van der Waals surface area contributed by atoms with E-state index in [9.17, 15) is 4.79 Å². The molecule has 14 heavy (non-hydrogen) atoms. The van der Waals surface area contributed by atoms with Crippen LogP contribution in [-0.2, 0) is 4.79 Å². The zero-order chi connectivity index (χ0) is 10.3. The molecule has 0 saturated heterocycles. The Hall–Kier alpha value is -0.530. The fourth-order valence-corrected chi connectivity index (χ4v) is 2.55. The molecule has 2 rings (SSSR count). The first-order chi connectivity index (χ1) is 6.48. The maximum atomic E-state index is 11.7. The van der Waals surface area contributed by atoms with Gasteiger partial charge in [0.2, 0.25) is 5.91 Å². The molecule has 0 aromatic rings. The minimum Gasteiger partial charge on any atom is -0.353 e. The zero-order valence-corrected chi connectivity index (χ0v) is 9.47. The number of amides is 1. The normalized spacial score (nSPS) is 39.5. The standard InChI is InChI=1S/C12H21NO/c1-8-6-10(8)11(14)13-9-4-5-12(2,3)7-9/h8-10H,4-7H2,1-3H3,(H,13,14). The second kappa shape index (κ2) is 3.25. The van der Waals surface area contributed by atoms with Crippen LogP contribution in [0.3, 0.4) is 0 Å². The highest BCUT2D eigenvalue weighted by molar-refractivity contribution is 5.81. The van der Waals surface area contributed by atoms with Gasteiger partial charge in [-0.05, 0) is 37.0 Å². The van der Waals surface area contributed by atoms with Crippen LogP contribution < -0.4 is 5.32 Å². The molecule has 2 aliphatic carbocycles. The topological polar surface area (TPSA) is 29.1 Å². The van der Waals surface area contributed by atoms with Crippen LogP contribution in [0.25, 0.3) is 0 Å². The van der Waals surface area contributed by atoms with Crippen molar-refractivity contribution in [3.05, 3.63) is 0 Å². The van der Waals surface area contributed by atoms with E-state index < -0.39 is 0 Å². The second-order valence-electron chi connectivity index (χ2n) is 5.93. The number of carbonyl (C=O) groups excluding carboxylic acids is 1. The van der Waals surface area contributed by atoms with Gasteiger partial charge in [0.05, 0.1) is 0 Å². The summed E-state index contributed by atoms with van der Waals surface area (Å²) >= 11 is 0. The van der Waals surface area contributed by atoms with Crippen molar-refractivity contribution in [2.24, 2.45) is 17.3 Å². The van der Waals surface area contributed by atoms with Crippen LogP contribution in [0.5, 0.6) is 0 Å². The largest absolute Gasteiger partial charge is 0.353 e. The minimum atomic E-state index is 0.306. The van der Waals surface area contributed by atoms with Gasteiger partial charge in [0.25, 0.3) is 0 Å². The average molecular weight is 195 g/mol. The number of nitrogens with one attached hydrogen (secondary N) is 1. The van der Waals surface area contributed by atoms with E-state index in [1.54, 1.807) is 0 Å². The molecule has 0 aliphatic heterocycles. The molecule has 1 amide bonds. The van der Waals surface area contributed by atoms with Crippen molar-refractivity contribution in [3.8, 4) is 0 Å². The van der Waals surface area contributed by atoms with E-state index in [0.29, 0.717) is 29.2 Å². The highest BCUT2D eigenvalue weighted by Gasteiger charge is 2.41. The summed E-state index contributed by atoms with van der Waals surface area (Å²) in [5.41, 5.74) is 0.438. The SMILES string of the molecule is CC1CC1C(=O)NC1CCC(C)(C)C1. The molecule has 2 nitrogen and oxygen atoms in total. The molecular formula is C12H21NO. The monoisotopic (exact) mass is 195 g/mol. The molecule has 0 bridgehead atoms. The number of rotatable bonds is 2. The summed E-state index contributed by atoms with van der Waals surface area (Å²) in [6.07, 6.45) is 4.67. The lowest BCUT2D eigenvalue weighted by atomic mass is 9.92. The molecule has 80 valence electrons. The van der Waals surface area contributed by atoms with Gasteiger partial charge in [-0.2, -0.15) is 0 Å². The van der Waals surface area contributed by atoms with Crippen molar-refractivity contribution >= 4 is 5.91 Å². The van der Waals surface area contributed by atoms with Gasteiger partial charge in [0.15, 0.2) is 0 Å². The molecule has 0 spiro atoms. The predicted molar refractivity (Wildman–Crippen MR) is 56.8 cm³/mol. The summed E-state index contributed by atoms with van der Waals surface area (Å²) in [4.78, 5) is 11.7. The molecule has 2 aliphatic rings. The summed E-state index contributed by atoms with van der Waals surface area (Å²) in [5.74, 6) is 1.27. The average Bonchev–Trinajstić information content (AvgIpc) is 2.69. The highest BCUT2D eigenvalue weighted by Crippen LogP contribution is 2.40. The third-order valence-electron chi connectivity index (χ3n) is 3.76. The van der Waals surface area contributed by atoms with Crippen LogP contribution in [0.15, 0.2) is 0 Å². The third-order valence-corrected chi connectivity index (χ3v) is 3.76. The Bertz CT molecular complexity index is 247. The summed E-state index contributed by atoms with van der Waals surface area (Å²) in [5, 5.41) is 3.19. The molecule has 0 aromatic carbocycles. The predicted octanol–water partition coefficient (Wildman–Crippen LogP) is 2.34. The third kappa shape index (κ3) is 2.10. The Morgan fingerprint density at radius 2 is 2.07 bits per heavy atom.